The number of benzene rings is 1. The smallest absolute Gasteiger partial charge is 0.426 e. The molecule has 0 saturated heterocycles. The molecule has 0 saturated carbocycles. The number of nitrogens with one attached hydrogen (secondary N) is 1. The van der Waals surface area contributed by atoms with Gasteiger partial charge in [-0.25, -0.2) is 4.39 Å². The van der Waals surface area contributed by atoms with Gasteiger partial charge >= 0.3 is 7.12 Å². The third kappa shape index (κ3) is 5.48. The number of nitrogens with zero attached hydrogens (tertiary/aromatic N) is 1. The molecular formula is C17H20BFN2O4S. The Morgan fingerprint density at radius 2 is 2.12 bits per heavy atom. The average Bonchev–Trinajstić information content (AvgIpc) is 3.12. The van der Waals surface area contributed by atoms with Gasteiger partial charge in [0, 0.05) is 5.94 Å². The van der Waals surface area contributed by atoms with Gasteiger partial charge in [-0.2, -0.15) is 11.3 Å². The van der Waals surface area contributed by atoms with Crippen LogP contribution >= 0.6 is 11.3 Å². The Labute approximate surface area is 155 Å². The van der Waals surface area contributed by atoms with Crippen LogP contribution in [-0.4, -0.2) is 46.9 Å². The quantitative estimate of drug-likeness (QED) is 0.296. The first-order valence-electron chi connectivity index (χ1n) is 7.92. The van der Waals surface area contributed by atoms with Crippen LogP contribution in [0.2, 0.25) is 0 Å². The van der Waals surface area contributed by atoms with Crippen LogP contribution in [0.5, 0.6) is 0 Å². The lowest BCUT2D eigenvalue weighted by atomic mass is 9.76. The number of hydrogen-bond acceptors (Lipinski definition) is 6. The minimum atomic E-state index is -1.72. The van der Waals surface area contributed by atoms with Crippen molar-refractivity contribution in [3.8, 4) is 0 Å². The molecular weight excluding hydrogens is 358 g/mol. The molecule has 1 heterocycles. The summed E-state index contributed by atoms with van der Waals surface area (Å²) in [5.41, 5.74) is 0.873. The molecule has 0 radical (unpaired) electrons. The van der Waals surface area contributed by atoms with Gasteiger partial charge in [-0.1, -0.05) is 18.7 Å². The number of hydrogen-bond donors (Lipinski definition) is 4. The lowest BCUT2D eigenvalue weighted by molar-refractivity contribution is -0.114. The Morgan fingerprint density at radius 3 is 2.69 bits per heavy atom. The molecule has 1 aromatic carbocycles. The maximum Gasteiger partial charge on any atom is 0.470 e. The van der Waals surface area contributed by atoms with E-state index in [1.165, 1.54) is 29.5 Å². The second-order valence-corrected chi connectivity index (χ2v) is 6.42. The molecule has 2 atom stereocenters. The Bertz CT molecular complexity index is 729. The van der Waals surface area contributed by atoms with Crippen molar-refractivity contribution in [3.05, 3.63) is 65.1 Å². The number of anilines is 1. The summed E-state index contributed by atoms with van der Waals surface area (Å²) in [5.74, 6) is -2.07. The summed E-state index contributed by atoms with van der Waals surface area (Å²) >= 11 is 1.47. The number of para-hydroxylation sites is 1. The highest BCUT2D eigenvalue weighted by Gasteiger charge is 2.28. The largest absolute Gasteiger partial charge is 0.470 e. The Balaban J connectivity index is 2.10. The summed E-state index contributed by atoms with van der Waals surface area (Å²) < 4.78 is 14.0. The minimum absolute atomic E-state index is 0.00261. The summed E-state index contributed by atoms with van der Waals surface area (Å²) in [7, 11) is -1.72. The molecule has 0 aliphatic carbocycles. The second-order valence-electron chi connectivity index (χ2n) is 5.64. The third-order valence-electron chi connectivity index (χ3n) is 3.74. The highest BCUT2D eigenvalue weighted by Crippen LogP contribution is 2.19. The summed E-state index contributed by atoms with van der Waals surface area (Å²) in [6, 6.07) is 7.51. The van der Waals surface area contributed by atoms with Crippen LogP contribution in [0.15, 0.2) is 53.7 Å². The van der Waals surface area contributed by atoms with Gasteiger partial charge in [-0.15, -0.1) is 0 Å². The molecule has 0 spiro atoms. The van der Waals surface area contributed by atoms with Gasteiger partial charge in [-0.05, 0) is 47.0 Å². The molecule has 0 fully saturated rings. The fourth-order valence-electron chi connectivity index (χ4n) is 2.47. The molecule has 26 heavy (non-hydrogen) atoms. The normalized spacial score (nSPS) is 13.1. The van der Waals surface area contributed by atoms with Gasteiger partial charge in [0.2, 0.25) is 0 Å². The van der Waals surface area contributed by atoms with Crippen molar-refractivity contribution in [2.45, 2.75) is 18.6 Å². The zero-order valence-corrected chi connectivity index (χ0v) is 14.8. The Kier molecular flexibility index (Phi) is 7.49. The van der Waals surface area contributed by atoms with E-state index in [0.29, 0.717) is 0 Å². The van der Waals surface area contributed by atoms with E-state index < -0.39 is 31.0 Å². The number of rotatable bonds is 9. The van der Waals surface area contributed by atoms with Gasteiger partial charge in [0.05, 0.1) is 12.2 Å². The Hall–Kier alpha value is -2.04. The van der Waals surface area contributed by atoms with Crippen molar-refractivity contribution in [2.75, 3.05) is 11.4 Å². The monoisotopic (exact) mass is 378 g/mol. The van der Waals surface area contributed by atoms with Gasteiger partial charge in [0.1, 0.15) is 12.0 Å². The maximum atomic E-state index is 14.0. The highest BCUT2D eigenvalue weighted by molar-refractivity contribution is 7.07. The zero-order valence-electron chi connectivity index (χ0n) is 14.0. The van der Waals surface area contributed by atoms with Crippen LogP contribution in [0.3, 0.4) is 0 Å². The standard InChI is InChI=1S/C17H20BFN2O4S/c1-2-17(23)21(14-6-4-3-5-13(14)19)10-16(22)20-15(18(24)25)9-12-7-8-26-11-12/h2-8,11,15-16,20,22,24-25H,1,9-10H2/t15-,16?/m0/s1. The van der Waals surface area contributed by atoms with Crippen molar-refractivity contribution in [1.82, 2.24) is 5.32 Å². The topological polar surface area (TPSA) is 93.0 Å². The van der Waals surface area contributed by atoms with E-state index in [1.54, 1.807) is 6.07 Å². The van der Waals surface area contributed by atoms with Crippen LogP contribution in [0.1, 0.15) is 5.56 Å². The van der Waals surface area contributed by atoms with Crippen molar-refractivity contribution in [1.29, 1.82) is 0 Å². The molecule has 138 valence electrons. The molecule has 2 aromatic rings. The molecule has 0 bridgehead atoms. The molecule has 1 amide bonds. The maximum absolute atomic E-state index is 14.0. The number of aliphatic hydroxyl groups is 1. The van der Waals surface area contributed by atoms with E-state index in [4.69, 9.17) is 0 Å². The van der Waals surface area contributed by atoms with E-state index >= 15 is 0 Å². The average molecular weight is 378 g/mol. The molecule has 1 unspecified atom stereocenters. The lowest BCUT2D eigenvalue weighted by Crippen LogP contribution is -2.53. The van der Waals surface area contributed by atoms with Crippen molar-refractivity contribution >= 4 is 30.0 Å². The third-order valence-corrected chi connectivity index (χ3v) is 4.47. The fourth-order valence-corrected chi connectivity index (χ4v) is 3.16. The van der Waals surface area contributed by atoms with Crippen LogP contribution in [0.4, 0.5) is 10.1 Å². The van der Waals surface area contributed by atoms with Gasteiger partial charge in [0.25, 0.3) is 5.91 Å². The van der Waals surface area contributed by atoms with E-state index in [-0.39, 0.29) is 18.7 Å². The van der Waals surface area contributed by atoms with Crippen molar-refractivity contribution < 1.29 is 24.3 Å². The van der Waals surface area contributed by atoms with Crippen LogP contribution in [-0.2, 0) is 11.2 Å². The minimum Gasteiger partial charge on any atom is -0.426 e. The molecule has 2 rings (SSSR count). The Morgan fingerprint density at radius 1 is 1.38 bits per heavy atom. The number of carbonyl (C=O) groups is 1. The zero-order chi connectivity index (χ0) is 19.1. The summed E-state index contributed by atoms with van der Waals surface area (Å²) in [4.78, 5) is 13.1. The van der Waals surface area contributed by atoms with E-state index in [2.05, 4.69) is 11.9 Å². The molecule has 0 aliphatic rings. The first kappa shape index (κ1) is 20.3. The molecule has 6 nitrogen and oxygen atoms in total. The SMILES string of the molecule is C=CC(=O)N(CC(O)N[C@@H](Cc1ccsc1)B(O)O)c1ccccc1F. The number of carbonyl (C=O) groups excluding carboxylic acids is 1. The van der Waals surface area contributed by atoms with Crippen LogP contribution in [0.25, 0.3) is 0 Å². The summed E-state index contributed by atoms with van der Waals surface area (Å²) in [5, 5.41) is 35.7. The predicted octanol–water partition coefficient (Wildman–Crippen LogP) is 0.937. The molecule has 1 aromatic heterocycles. The number of halogens is 1. The fraction of sp³-hybridized carbons (Fsp3) is 0.235. The van der Waals surface area contributed by atoms with Gasteiger partial charge in [-0.3, -0.25) is 10.1 Å². The summed E-state index contributed by atoms with van der Waals surface area (Å²) in [6.07, 6.45) is -0.0279. The second kappa shape index (κ2) is 9.60. The predicted molar refractivity (Wildman–Crippen MR) is 100 cm³/mol. The van der Waals surface area contributed by atoms with E-state index in [9.17, 15) is 24.3 Å². The first-order chi connectivity index (χ1) is 12.4. The summed E-state index contributed by atoms with van der Waals surface area (Å²) in [6.45, 7) is 3.10. The number of aliphatic hydroxyl groups excluding tert-OH is 1. The highest BCUT2D eigenvalue weighted by atomic mass is 32.1. The van der Waals surface area contributed by atoms with Crippen molar-refractivity contribution in [2.24, 2.45) is 0 Å². The van der Waals surface area contributed by atoms with Gasteiger partial charge in [0.15, 0.2) is 0 Å². The number of amides is 1. The van der Waals surface area contributed by atoms with E-state index in [1.807, 2.05) is 16.8 Å². The molecule has 9 heteroatoms. The molecule has 4 N–H and O–H groups in total. The van der Waals surface area contributed by atoms with E-state index in [0.717, 1.165) is 16.5 Å². The van der Waals surface area contributed by atoms with Crippen LogP contribution < -0.4 is 10.2 Å². The van der Waals surface area contributed by atoms with Gasteiger partial charge < -0.3 is 20.1 Å². The number of thiophene rings is 1. The molecule has 0 aliphatic heterocycles. The lowest BCUT2D eigenvalue weighted by Gasteiger charge is -2.28. The first-order valence-corrected chi connectivity index (χ1v) is 8.86. The van der Waals surface area contributed by atoms with Crippen molar-refractivity contribution in [3.63, 3.8) is 0 Å². The van der Waals surface area contributed by atoms with Crippen LogP contribution in [0, 0.1) is 5.82 Å².